The van der Waals surface area contributed by atoms with Crippen molar-refractivity contribution in [1.82, 2.24) is 0 Å². The molecule has 4 nitrogen and oxygen atoms in total. The lowest BCUT2D eigenvalue weighted by Gasteiger charge is -2.16. The number of carbonyl (C=O) groups is 2. The first-order chi connectivity index (χ1) is 15.6. The second-order valence-electron chi connectivity index (χ2n) is 9.61. The molecule has 1 N–H and O–H groups in total. The summed E-state index contributed by atoms with van der Waals surface area (Å²) in [5.74, 6) is -1.11. The number of rotatable bonds is 25. The van der Waals surface area contributed by atoms with E-state index in [9.17, 15) is 9.59 Å². The molecule has 0 aromatic carbocycles. The molecule has 0 saturated heterocycles. The summed E-state index contributed by atoms with van der Waals surface area (Å²) in [5, 5.41) is 9.06. The van der Waals surface area contributed by atoms with Gasteiger partial charge in [-0.1, -0.05) is 129 Å². The molecule has 0 amide bonds. The minimum absolute atomic E-state index is 0.0711. The third kappa shape index (κ3) is 23.6. The number of unbranched alkanes of at least 4 members (excludes halogenated alkanes) is 18. The summed E-state index contributed by atoms with van der Waals surface area (Å²) in [7, 11) is 0. The van der Waals surface area contributed by atoms with Crippen LogP contribution in [0.5, 0.6) is 0 Å². The van der Waals surface area contributed by atoms with Gasteiger partial charge in [0.25, 0.3) is 0 Å². The third-order valence-corrected chi connectivity index (χ3v) is 6.31. The molecule has 1 atom stereocenters. The molecule has 0 aromatic heterocycles. The van der Waals surface area contributed by atoms with Crippen LogP contribution in [0, 0.1) is 0 Å². The first kappa shape index (κ1) is 30.9. The molecule has 190 valence electrons. The SMILES string of the molecule is CCCCCCCCCCCCCCCCCC(=O)OC(CCCCCCC)CC(=O)O. The highest BCUT2D eigenvalue weighted by Gasteiger charge is 2.17. The fourth-order valence-electron chi connectivity index (χ4n) is 4.26. The highest BCUT2D eigenvalue weighted by atomic mass is 16.5. The fourth-order valence-corrected chi connectivity index (χ4v) is 4.26. The van der Waals surface area contributed by atoms with Gasteiger partial charge in [0.1, 0.15) is 6.10 Å². The first-order valence-corrected chi connectivity index (χ1v) is 14.0. The summed E-state index contributed by atoms with van der Waals surface area (Å²) in [6, 6.07) is 0. The quantitative estimate of drug-likeness (QED) is 0.110. The lowest BCUT2D eigenvalue weighted by atomic mass is 10.0. The van der Waals surface area contributed by atoms with Crippen molar-refractivity contribution >= 4 is 11.9 Å². The molecular formula is C28H54O4. The summed E-state index contributed by atoms with van der Waals surface area (Å²) in [4.78, 5) is 23.1. The van der Waals surface area contributed by atoms with Crippen molar-refractivity contribution in [1.29, 1.82) is 0 Å². The summed E-state index contributed by atoms with van der Waals surface area (Å²) >= 11 is 0. The average Bonchev–Trinajstić information content (AvgIpc) is 2.75. The number of carboxylic acid groups (broad SMARTS) is 1. The van der Waals surface area contributed by atoms with E-state index >= 15 is 0 Å². The summed E-state index contributed by atoms with van der Waals surface area (Å²) < 4.78 is 5.47. The van der Waals surface area contributed by atoms with Crippen LogP contribution >= 0.6 is 0 Å². The predicted octanol–water partition coefficient (Wildman–Crippen LogP) is 8.99. The molecule has 1 unspecified atom stereocenters. The van der Waals surface area contributed by atoms with Gasteiger partial charge in [-0.3, -0.25) is 9.59 Å². The molecule has 0 spiro atoms. The van der Waals surface area contributed by atoms with Crippen molar-refractivity contribution in [2.24, 2.45) is 0 Å². The number of ether oxygens (including phenoxy) is 1. The Bertz CT molecular complexity index is 422. The Labute approximate surface area is 199 Å². The van der Waals surface area contributed by atoms with Crippen molar-refractivity contribution in [3.63, 3.8) is 0 Å². The van der Waals surface area contributed by atoms with Gasteiger partial charge in [-0.15, -0.1) is 0 Å². The van der Waals surface area contributed by atoms with Crippen LogP contribution in [0.1, 0.15) is 162 Å². The summed E-state index contributed by atoms with van der Waals surface area (Å²) in [5.41, 5.74) is 0. The van der Waals surface area contributed by atoms with Crippen LogP contribution in [0.4, 0.5) is 0 Å². The smallest absolute Gasteiger partial charge is 0.307 e. The zero-order chi connectivity index (χ0) is 23.7. The van der Waals surface area contributed by atoms with Crippen LogP contribution in [-0.2, 0) is 14.3 Å². The van der Waals surface area contributed by atoms with E-state index in [-0.39, 0.29) is 12.4 Å². The van der Waals surface area contributed by atoms with E-state index in [0.717, 1.165) is 25.7 Å². The Morgan fingerprint density at radius 1 is 0.594 bits per heavy atom. The largest absolute Gasteiger partial charge is 0.481 e. The summed E-state index contributed by atoms with van der Waals surface area (Å²) in [6.45, 7) is 4.44. The lowest BCUT2D eigenvalue weighted by molar-refractivity contribution is -0.153. The molecule has 0 aliphatic carbocycles. The standard InChI is InChI=1S/C28H54O4/c1-3-5-7-9-10-11-12-13-14-15-16-17-18-20-22-24-28(31)32-26(25-27(29)30)23-21-19-8-6-4-2/h26H,3-25H2,1-2H3,(H,29,30). The summed E-state index contributed by atoms with van der Waals surface area (Å²) in [6.07, 6.45) is 25.7. The average molecular weight is 455 g/mol. The van der Waals surface area contributed by atoms with Crippen molar-refractivity contribution in [2.75, 3.05) is 0 Å². The Morgan fingerprint density at radius 2 is 0.969 bits per heavy atom. The van der Waals surface area contributed by atoms with E-state index in [2.05, 4.69) is 13.8 Å². The third-order valence-electron chi connectivity index (χ3n) is 6.31. The molecule has 0 rings (SSSR count). The molecule has 0 fully saturated rings. The molecule has 0 aliphatic heterocycles. The van der Waals surface area contributed by atoms with Crippen LogP contribution in [0.15, 0.2) is 0 Å². The van der Waals surface area contributed by atoms with Gasteiger partial charge in [-0.05, 0) is 19.3 Å². The van der Waals surface area contributed by atoms with Gasteiger partial charge in [0, 0.05) is 6.42 Å². The van der Waals surface area contributed by atoms with Crippen molar-refractivity contribution in [3.8, 4) is 0 Å². The van der Waals surface area contributed by atoms with Crippen LogP contribution in [0.3, 0.4) is 0 Å². The fraction of sp³-hybridized carbons (Fsp3) is 0.929. The zero-order valence-corrected chi connectivity index (χ0v) is 21.5. The zero-order valence-electron chi connectivity index (χ0n) is 21.5. The second-order valence-corrected chi connectivity index (χ2v) is 9.61. The Morgan fingerprint density at radius 3 is 1.38 bits per heavy atom. The van der Waals surface area contributed by atoms with Gasteiger partial charge in [0.05, 0.1) is 6.42 Å². The van der Waals surface area contributed by atoms with Crippen LogP contribution in [0.25, 0.3) is 0 Å². The lowest BCUT2D eigenvalue weighted by Crippen LogP contribution is -2.21. The van der Waals surface area contributed by atoms with Crippen LogP contribution in [0.2, 0.25) is 0 Å². The maximum absolute atomic E-state index is 12.1. The number of carboxylic acids is 1. The molecule has 4 heteroatoms. The van der Waals surface area contributed by atoms with Crippen molar-refractivity contribution in [3.05, 3.63) is 0 Å². The van der Waals surface area contributed by atoms with Gasteiger partial charge in [0.15, 0.2) is 0 Å². The molecule has 0 bridgehead atoms. The highest BCUT2D eigenvalue weighted by Crippen LogP contribution is 2.16. The topological polar surface area (TPSA) is 63.6 Å². The number of aliphatic carboxylic acids is 1. The van der Waals surface area contributed by atoms with Gasteiger partial charge >= 0.3 is 11.9 Å². The molecule has 32 heavy (non-hydrogen) atoms. The van der Waals surface area contributed by atoms with E-state index in [1.54, 1.807) is 0 Å². The maximum Gasteiger partial charge on any atom is 0.307 e. The van der Waals surface area contributed by atoms with Gasteiger partial charge < -0.3 is 9.84 Å². The van der Waals surface area contributed by atoms with E-state index in [1.807, 2.05) is 0 Å². The predicted molar refractivity (Wildman–Crippen MR) is 135 cm³/mol. The van der Waals surface area contributed by atoms with Gasteiger partial charge in [-0.2, -0.15) is 0 Å². The Kier molecular flexibility index (Phi) is 23.8. The number of hydrogen-bond donors (Lipinski definition) is 1. The van der Waals surface area contributed by atoms with Gasteiger partial charge in [-0.25, -0.2) is 0 Å². The molecule has 0 aliphatic rings. The number of carbonyl (C=O) groups excluding carboxylic acids is 1. The molecule has 0 heterocycles. The highest BCUT2D eigenvalue weighted by molar-refractivity contribution is 5.71. The van der Waals surface area contributed by atoms with E-state index in [0.29, 0.717) is 12.8 Å². The first-order valence-electron chi connectivity index (χ1n) is 14.0. The van der Waals surface area contributed by atoms with Crippen molar-refractivity contribution < 1.29 is 19.4 Å². The van der Waals surface area contributed by atoms with E-state index < -0.39 is 12.1 Å². The van der Waals surface area contributed by atoms with E-state index in [1.165, 1.54) is 103 Å². The second kappa shape index (κ2) is 24.6. The molecular weight excluding hydrogens is 400 g/mol. The monoisotopic (exact) mass is 454 g/mol. The minimum Gasteiger partial charge on any atom is -0.481 e. The van der Waals surface area contributed by atoms with Crippen molar-refractivity contribution in [2.45, 2.75) is 168 Å². The Balaban J connectivity index is 3.56. The normalized spacial score (nSPS) is 12.1. The number of hydrogen-bond acceptors (Lipinski definition) is 3. The maximum atomic E-state index is 12.1. The molecule has 0 saturated carbocycles. The number of esters is 1. The minimum atomic E-state index is -0.886. The van der Waals surface area contributed by atoms with Crippen LogP contribution in [-0.4, -0.2) is 23.1 Å². The molecule has 0 radical (unpaired) electrons. The van der Waals surface area contributed by atoms with E-state index in [4.69, 9.17) is 9.84 Å². The van der Waals surface area contributed by atoms with Gasteiger partial charge in [0.2, 0.25) is 0 Å². The Hall–Kier alpha value is -1.06. The van der Waals surface area contributed by atoms with Crippen LogP contribution < -0.4 is 0 Å². The molecule has 0 aromatic rings.